The molecule has 24 heavy (non-hydrogen) atoms. The average Bonchev–Trinajstić information content (AvgIpc) is 2.52. The van der Waals surface area contributed by atoms with Crippen LogP contribution in [0, 0.1) is 6.92 Å². The molecule has 2 aromatic rings. The number of aldehydes is 1. The summed E-state index contributed by atoms with van der Waals surface area (Å²) in [4.78, 5) is 10.4. The van der Waals surface area contributed by atoms with Crippen LogP contribution in [0.1, 0.15) is 29.9 Å². The number of hydrogen-bond donors (Lipinski definition) is 0. The Morgan fingerprint density at radius 1 is 1.17 bits per heavy atom. The van der Waals surface area contributed by atoms with Gasteiger partial charge in [-0.25, -0.2) is 0 Å². The van der Waals surface area contributed by atoms with Gasteiger partial charge in [-0.1, -0.05) is 34.1 Å². The van der Waals surface area contributed by atoms with Crippen LogP contribution in [0.5, 0.6) is 11.5 Å². The first kappa shape index (κ1) is 18.5. The SMILES string of the molecule is Cc1c(Br)cccc1Oc1ccc(C(CCC=O)C(F)(F)F)cc1. The molecular formula is C18H16BrF3O2. The lowest BCUT2D eigenvalue weighted by molar-refractivity contribution is -0.152. The van der Waals surface area contributed by atoms with E-state index in [0.29, 0.717) is 17.8 Å². The molecule has 0 spiro atoms. The molecule has 0 saturated heterocycles. The summed E-state index contributed by atoms with van der Waals surface area (Å²) in [5.41, 5.74) is 1.03. The van der Waals surface area contributed by atoms with Gasteiger partial charge in [0, 0.05) is 16.5 Å². The van der Waals surface area contributed by atoms with E-state index in [9.17, 15) is 18.0 Å². The van der Waals surface area contributed by atoms with Gasteiger partial charge in [0.25, 0.3) is 0 Å². The zero-order valence-electron chi connectivity index (χ0n) is 12.9. The summed E-state index contributed by atoms with van der Waals surface area (Å²) in [6.45, 7) is 1.88. The number of halogens is 4. The van der Waals surface area contributed by atoms with Gasteiger partial charge in [0.1, 0.15) is 17.8 Å². The summed E-state index contributed by atoms with van der Waals surface area (Å²) in [6, 6.07) is 11.3. The molecule has 6 heteroatoms. The first-order valence-electron chi connectivity index (χ1n) is 7.36. The van der Waals surface area contributed by atoms with Crippen molar-refractivity contribution in [2.24, 2.45) is 0 Å². The molecule has 0 radical (unpaired) electrons. The van der Waals surface area contributed by atoms with E-state index in [1.165, 1.54) is 24.3 Å². The Morgan fingerprint density at radius 3 is 2.42 bits per heavy atom. The molecular weight excluding hydrogens is 385 g/mol. The van der Waals surface area contributed by atoms with E-state index in [1.54, 1.807) is 6.07 Å². The summed E-state index contributed by atoms with van der Waals surface area (Å²) in [5, 5.41) is 0. The molecule has 2 rings (SSSR count). The molecule has 0 aliphatic heterocycles. The lowest BCUT2D eigenvalue weighted by Crippen LogP contribution is -2.21. The van der Waals surface area contributed by atoms with Crippen LogP contribution in [-0.2, 0) is 4.79 Å². The van der Waals surface area contributed by atoms with Crippen molar-refractivity contribution in [3.63, 3.8) is 0 Å². The fourth-order valence-electron chi connectivity index (χ4n) is 2.35. The standard InChI is InChI=1S/C18H16BrF3O2/c1-12-16(19)5-2-6-17(12)24-14-9-7-13(8-10-14)15(4-3-11-23)18(20,21)22/h2,5-11,15H,3-4H2,1H3. The van der Waals surface area contributed by atoms with E-state index in [4.69, 9.17) is 4.74 Å². The first-order valence-corrected chi connectivity index (χ1v) is 8.15. The summed E-state index contributed by atoms with van der Waals surface area (Å²) in [7, 11) is 0. The normalized spacial score (nSPS) is 12.7. The van der Waals surface area contributed by atoms with Crippen molar-refractivity contribution < 1.29 is 22.7 Å². The quantitative estimate of drug-likeness (QED) is 0.541. The van der Waals surface area contributed by atoms with Gasteiger partial charge in [0.2, 0.25) is 0 Å². The van der Waals surface area contributed by atoms with Crippen LogP contribution in [0.3, 0.4) is 0 Å². The third-order valence-corrected chi connectivity index (χ3v) is 4.56. The van der Waals surface area contributed by atoms with E-state index in [-0.39, 0.29) is 18.4 Å². The van der Waals surface area contributed by atoms with E-state index in [1.807, 2.05) is 19.1 Å². The highest BCUT2D eigenvalue weighted by Gasteiger charge is 2.40. The number of carbonyl (C=O) groups is 1. The molecule has 0 N–H and O–H groups in total. The molecule has 1 unspecified atom stereocenters. The largest absolute Gasteiger partial charge is 0.457 e. The van der Waals surface area contributed by atoms with E-state index in [0.717, 1.165) is 10.0 Å². The third-order valence-electron chi connectivity index (χ3n) is 3.70. The minimum Gasteiger partial charge on any atom is -0.457 e. The zero-order valence-corrected chi connectivity index (χ0v) is 14.5. The number of rotatable bonds is 6. The fourth-order valence-corrected chi connectivity index (χ4v) is 2.70. The van der Waals surface area contributed by atoms with Crippen molar-refractivity contribution >= 4 is 22.2 Å². The highest BCUT2D eigenvalue weighted by Crippen LogP contribution is 2.39. The van der Waals surface area contributed by atoms with Crippen LogP contribution in [0.4, 0.5) is 13.2 Å². The van der Waals surface area contributed by atoms with Gasteiger partial charge in [-0.3, -0.25) is 0 Å². The number of benzene rings is 2. The minimum atomic E-state index is -4.38. The van der Waals surface area contributed by atoms with Gasteiger partial charge < -0.3 is 9.53 Å². The van der Waals surface area contributed by atoms with Gasteiger partial charge >= 0.3 is 6.18 Å². The maximum atomic E-state index is 13.1. The summed E-state index contributed by atoms with van der Waals surface area (Å²) >= 11 is 3.40. The monoisotopic (exact) mass is 400 g/mol. The number of hydrogen-bond acceptors (Lipinski definition) is 2. The smallest absolute Gasteiger partial charge is 0.395 e. The Kier molecular flexibility index (Phi) is 6.04. The molecule has 1 atom stereocenters. The first-order chi connectivity index (χ1) is 11.3. The lowest BCUT2D eigenvalue weighted by Gasteiger charge is -2.20. The zero-order chi connectivity index (χ0) is 17.7. The molecule has 2 nitrogen and oxygen atoms in total. The second-order valence-corrected chi connectivity index (χ2v) is 6.23. The van der Waals surface area contributed by atoms with Gasteiger partial charge in [0.15, 0.2) is 0 Å². The van der Waals surface area contributed by atoms with E-state index in [2.05, 4.69) is 15.9 Å². The summed E-state index contributed by atoms with van der Waals surface area (Å²) in [5.74, 6) is -0.564. The summed E-state index contributed by atoms with van der Waals surface area (Å²) in [6.07, 6.45) is -4.25. The van der Waals surface area contributed by atoms with Crippen molar-refractivity contribution in [1.82, 2.24) is 0 Å². The molecule has 0 aliphatic rings. The predicted octanol–water partition coefficient (Wildman–Crippen LogP) is 6.17. The van der Waals surface area contributed by atoms with Crippen molar-refractivity contribution in [3.05, 3.63) is 58.1 Å². The Balaban J connectivity index is 2.19. The Hall–Kier alpha value is -1.82. The molecule has 0 bridgehead atoms. The maximum absolute atomic E-state index is 13.1. The average molecular weight is 401 g/mol. The second-order valence-electron chi connectivity index (χ2n) is 5.37. The Bertz CT molecular complexity index is 696. The predicted molar refractivity (Wildman–Crippen MR) is 89.5 cm³/mol. The molecule has 0 heterocycles. The third kappa shape index (κ3) is 4.60. The fraction of sp³-hybridized carbons (Fsp3) is 0.278. The van der Waals surface area contributed by atoms with E-state index < -0.39 is 12.1 Å². The van der Waals surface area contributed by atoms with Crippen molar-refractivity contribution in [1.29, 1.82) is 0 Å². The van der Waals surface area contributed by atoms with Crippen LogP contribution in [-0.4, -0.2) is 12.5 Å². The number of ether oxygens (including phenoxy) is 1. The maximum Gasteiger partial charge on any atom is 0.395 e. The second kappa shape index (κ2) is 7.83. The minimum absolute atomic E-state index is 0.125. The molecule has 0 fully saturated rings. The van der Waals surface area contributed by atoms with Crippen molar-refractivity contribution in [2.45, 2.75) is 31.9 Å². The van der Waals surface area contributed by atoms with Gasteiger partial charge in [-0.05, 0) is 43.2 Å². The Morgan fingerprint density at radius 2 is 1.83 bits per heavy atom. The highest BCUT2D eigenvalue weighted by molar-refractivity contribution is 9.10. The van der Waals surface area contributed by atoms with E-state index >= 15 is 0 Å². The van der Waals surface area contributed by atoms with Gasteiger partial charge in [-0.15, -0.1) is 0 Å². The molecule has 2 aromatic carbocycles. The lowest BCUT2D eigenvalue weighted by atomic mass is 9.94. The number of carbonyl (C=O) groups excluding carboxylic acids is 1. The number of alkyl halides is 3. The Labute approximate surface area is 146 Å². The molecule has 0 saturated carbocycles. The topological polar surface area (TPSA) is 26.3 Å². The van der Waals surface area contributed by atoms with Crippen LogP contribution in [0.2, 0.25) is 0 Å². The molecule has 0 aliphatic carbocycles. The van der Waals surface area contributed by atoms with Gasteiger partial charge in [-0.2, -0.15) is 13.2 Å². The molecule has 128 valence electrons. The van der Waals surface area contributed by atoms with Crippen LogP contribution in [0.25, 0.3) is 0 Å². The molecule has 0 amide bonds. The van der Waals surface area contributed by atoms with Crippen LogP contribution in [0.15, 0.2) is 46.9 Å². The van der Waals surface area contributed by atoms with Gasteiger partial charge in [0.05, 0.1) is 5.92 Å². The van der Waals surface area contributed by atoms with Crippen molar-refractivity contribution in [2.75, 3.05) is 0 Å². The van der Waals surface area contributed by atoms with Crippen LogP contribution < -0.4 is 4.74 Å². The summed E-state index contributed by atoms with van der Waals surface area (Å²) < 4.78 is 46.0. The van der Waals surface area contributed by atoms with Crippen LogP contribution >= 0.6 is 15.9 Å². The highest BCUT2D eigenvalue weighted by atomic mass is 79.9. The van der Waals surface area contributed by atoms with Crippen molar-refractivity contribution in [3.8, 4) is 11.5 Å². The molecule has 0 aromatic heterocycles.